The summed E-state index contributed by atoms with van der Waals surface area (Å²) in [5, 5.41) is 5.96. The average Bonchev–Trinajstić information content (AvgIpc) is 2.04. The van der Waals surface area contributed by atoms with E-state index >= 15 is 0 Å². The van der Waals surface area contributed by atoms with Gasteiger partial charge >= 0.3 is 0 Å². The van der Waals surface area contributed by atoms with E-state index in [9.17, 15) is 4.79 Å². The van der Waals surface area contributed by atoms with Crippen LogP contribution >= 0.6 is 0 Å². The molecule has 0 bridgehead atoms. The van der Waals surface area contributed by atoms with E-state index in [-0.39, 0.29) is 5.91 Å². The van der Waals surface area contributed by atoms with Gasteiger partial charge < -0.3 is 15.5 Å². The van der Waals surface area contributed by atoms with Crippen LogP contribution < -0.4 is 10.6 Å². The van der Waals surface area contributed by atoms with Crippen molar-refractivity contribution < 1.29 is 4.79 Å². The highest BCUT2D eigenvalue weighted by molar-refractivity contribution is 5.95. The summed E-state index contributed by atoms with van der Waals surface area (Å²) in [4.78, 5) is 13.5. The van der Waals surface area contributed by atoms with E-state index in [1.165, 1.54) is 0 Å². The summed E-state index contributed by atoms with van der Waals surface area (Å²) in [5.74, 6) is 0.108. The van der Waals surface area contributed by atoms with Crippen molar-refractivity contribution in [2.24, 2.45) is 0 Å². The second-order valence-electron chi connectivity index (χ2n) is 3.30. The molecule has 4 nitrogen and oxygen atoms in total. The van der Waals surface area contributed by atoms with E-state index in [2.05, 4.69) is 22.6 Å². The molecule has 0 saturated heterocycles. The van der Waals surface area contributed by atoms with Gasteiger partial charge in [-0.3, -0.25) is 4.79 Å². The molecule has 2 aliphatic heterocycles. The first-order valence-corrected chi connectivity index (χ1v) is 4.20. The third-order valence-electron chi connectivity index (χ3n) is 2.36. The lowest BCUT2D eigenvalue weighted by Crippen LogP contribution is -2.47. The van der Waals surface area contributed by atoms with Crippen LogP contribution in [0.2, 0.25) is 0 Å². The van der Waals surface area contributed by atoms with E-state index in [1.807, 2.05) is 0 Å². The van der Waals surface area contributed by atoms with Crippen molar-refractivity contribution in [3.8, 4) is 0 Å². The second kappa shape index (κ2) is 2.79. The van der Waals surface area contributed by atoms with Crippen LogP contribution in [0.15, 0.2) is 11.3 Å². The number of rotatable bonds is 0. The highest BCUT2D eigenvalue weighted by Crippen LogP contribution is 2.16. The lowest BCUT2D eigenvalue weighted by atomic mass is 10.0. The Morgan fingerprint density at radius 1 is 1.42 bits per heavy atom. The van der Waals surface area contributed by atoms with Gasteiger partial charge in [0.15, 0.2) is 0 Å². The normalized spacial score (nSPS) is 24.6. The predicted octanol–water partition coefficient (Wildman–Crippen LogP) is -0.747. The maximum absolute atomic E-state index is 11.3. The van der Waals surface area contributed by atoms with Gasteiger partial charge in [-0.1, -0.05) is 0 Å². The van der Waals surface area contributed by atoms with Crippen molar-refractivity contribution in [1.29, 1.82) is 0 Å². The van der Waals surface area contributed by atoms with Crippen molar-refractivity contribution >= 4 is 5.91 Å². The van der Waals surface area contributed by atoms with E-state index in [1.54, 1.807) is 0 Å². The molecule has 4 heteroatoms. The van der Waals surface area contributed by atoms with Crippen molar-refractivity contribution in [2.75, 3.05) is 26.8 Å². The van der Waals surface area contributed by atoms with Crippen LogP contribution in [0.25, 0.3) is 0 Å². The number of nitrogens with one attached hydrogen (secondary N) is 2. The largest absolute Gasteiger partial charge is 0.370 e. The standard InChI is InChI=1S/C8H13N3O/c1-11-3-2-6-7(4-11)9-5-10-8(6)12/h9H,2-5H2,1H3,(H,10,12). The molecule has 0 saturated carbocycles. The van der Waals surface area contributed by atoms with Gasteiger partial charge in [0.05, 0.1) is 6.67 Å². The number of amides is 1. The highest BCUT2D eigenvalue weighted by Gasteiger charge is 2.23. The first kappa shape index (κ1) is 7.61. The predicted molar refractivity (Wildman–Crippen MR) is 45.3 cm³/mol. The summed E-state index contributed by atoms with van der Waals surface area (Å²) >= 11 is 0. The minimum atomic E-state index is 0.108. The van der Waals surface area contributed by atoms with Gasteiger partial charge in [0.2, 0.25) is 5.91 Å². The number of likely N-dealkylation sites (N-methyl/N-ethyl adjacent to an activating group) is 1. The Hall–Kier alpha value is -1.03. The summed E-state index contributed by atoms with van der Waals surface area (Å²) in [7, 11) is 2.07. The SMILES string of the molecule is CN1CCC2=C(C1)NCNC2=O. The monoisotopic (exact) mass is 167 g/mol. The molecule has 1 amide bonds. The Labute approximate surface area is 71.6 Å². The fourth-order valence-electron chi connectivity index (χ4n) is 1.65. The molecular formula is C8H13N3O. The number of carbonyl (C=O) groups is 1. The molecule has 0 atom stereocenters. The third kappa shape index (κ3) is 1.18. The molecule has 0 aromatic carbocycles. The smallest absolute Gasteiger partial charge is 0.250 e. The molecule has 0 fully saturated rings. The second-order valence-corrected chi connectivity index (χ2v) is 3.30. The van der Waals surface area contributed by atoms with Crippen LogP contribution in [0.4, 0.5) is 0 Å². The van der Waals surface area contributed by atoms with E-state index in [0.29, 0.717) is 6.67 Å². The Morgan fingerprint density at radius 2 is 2.25 bits per heavy atom. The summed E-state index contributed by atoms with van der Waals surface area (Å²) < 4.78 is 0. The molecular weight excluding hydrogens is 154 g/mol. The molecule has 0 aromatic heterocycles. The topological polar surface area (TPSA) is 44.4 Å². The molecule has 0 radical (unpaired) electrons. The van der Waals surface area contributed by atoms with E-state index in [0.717, 1.165) is 30.8 Å². The molecule has 0 aromatic rings. The Bertz CT molecular complexity index is 247. The van der Waals surface area contributed by atoms with Crippen LogP contribution in [0.3, 0.4) is 0 Å². The lowest BCUT2D eigenvalue weighted by molar-refractivity contribution is -0.118. The Balaban J connectivity index is 2.24. The zero-order valence-electron chi connectivity index (χ0n) is 7.18. The number of hydrogen-bond donors (Lipinski definition) is 2. The van der Waals surface area contributed by atoms with Crippen LogP contribution in [0.1, 0.15) is 6.42 Å². The zero-order chi connectivity index (χ0) is 8.55. The third-order valence-corrected chi connectivity index (χ3v) is 2.36. The first-order valence-electron chi connectivity index (χ1n) is 4.20. The van der Waals surface area contributed by atoms with Crippen LogP contribution in [0, 0.1) is 0 Å². The Morgan fingerprint density at radius 3 is 3.08 bits per heavy atom. The van der Waals surface area contributed by atoms with Gasteiger partial charge in [-0.15, -0.1) is 0 Å². The maximum atomic E-state index is 11.3. The van der Waals surface area contributed by atoms with Gasteiger partial charge in [-0.25, -0.2) is 0 Å². The van der Waals surface area contributed by atoms with Gasteiger partial charge in [-0.05, 0) is 13.5 Å². The molecule has 2 N–H and O–H groups in total. The van der Waals surface area contributed by atoms with Crippen molar-refractivity contribution in [3.05, 3.63) is 11.3 Å². The fourth-order valence-corrected chi connectivity index (χ4v) is 1.65. The lowest BCUT2D eigenvalue weighted by Gasteiger charge is -2.31. The molecule has 66 valence electrons. The molecule has 0 unspecified atom stereocenters. The molecule has 0 spiro atoms. The highest BCUT2D eigenvalue weighted by atomic mass is 16.1. The summed E-state index contributed by atoms with van der Waals surface area (Å²) in [6, 6.07) is 0. The number of carbonyl (C=O) groups excluding carboxylic acids is 1. The van der Waals surface area contributed by atoms with Crippen molar-refractivity contribution in [3.63, 3.8) is 0 Å². The number of nitrogens with zero attached hydrogens (tertiary/aromatic N) is 1. The van der Waals surface area contributed by atoms with Gasteiger partial charge in [0, 0.05) is 24.4 Å². The summed E-state index contributed by atoms with van der Waals surface area (Å²) in [6.07, 6.45) is 0.866. The maximum Gasteiger partial charge on any atom is 0.250 e. The van der Waals surface area contributed by atoms with E-state index < -0.39 is 0 Å². The average molecular weight is 167 g/mol. The first-order chi connectivity index (χ1) is 5.77. The van der Waals surface area contributed by atoms with Gasteiger partial charge in [0.25, 0.3) is 0 Å². The molecule has 2 aliphatic rings. The Kier molecular flexibility index (Phi) is 1.77. The van der Waals surface area contributed by atoms with Gasteiger partial charge in [0.1, 0.15) is 0 Å². The molecule has 2 heterocycles. The quantitative estimate of drug-likeness (QED) is 0.499. The summed E-state index contributed by atoms with van der Waals surface area (Å²) in [5.41, 5.74) is 2.05. The van der Waals surface area contributed by atoms with E-state index in [4.69, 9.17) is 0 Å². The molecule has 12 heavy (non-hydrogen) atoms. The molecule has 0 aliphatic carbocycles. The van der Waals surface area contributed by atoms with Crippen LogP contribution in [-0.2, 0) is 4.79 Å². The van der Waals surface area contributed by atoms with Crippen molar-refractivity contribution in [1.82, 2.24) is 15.5 Å². The number of hydrogen-bond acceptors (Lipinski definition) is 3. The minimum absolute atomic E-state index is 0.108. The van der Waals surface area contributed by atoms with Gasteiger partial charge in [-0.2, -0.15) is 0 Å². The van der Waals surface area contributed by atoms with Crippen molar-refractivity contribution in [2.45, 2.75) is 6.42 Å². The summed E-state index contributed by atoms with van der Waals surface area (Å²) in [6.45, 7) is 2.43. The van der Waals surface area contributed by atoms with Crippen LogP contribution in [0.5, 0.6) is 0 Å². The fraction of sp³-hybridized carbons (Fsp3) is 0.625. The van der Waals surface area contributed by atoms with Crippen LogP contribution in [-0.4, -0.2) is 37.6 Å². The minimum Gasteiger partial charge on any atom is -0.370 e. The molecule has 2 rings (SSSR count). The zero-order valence-corrected chi connectivity index (χ0v) is 7.18.